The smallest absolute Gasteiger partial charge is 0.338 e. The number of rotatable bonds is 28. The first kappa shape index (κ1) is 35.9. The van der Waals surface area contributed by atoms with Crippen molar-refractivity contribution in [1.29, 1.82) is 0 Å². The number of carbonyl (C=O) groups is 2. The minimum Gasteiger partial charge on any atom is -0.466 e. The summed E-state index contributed by atoms with van der Waals surface area (Å²) in [7, 11) is 0. The van der Waals surface area contributed by atoms with Crippen molar-refractivity contribution in [3.05, 3.63) is 0 Å². The summed E-state index contributed by atoms with van der Waals surface area (Å²) in [6.45, 7) is 7.28. The third-order valence-corrected chi connectivity index (χ3v) is 7.25. The van der Waals surface area contributed by atoms with E-state index in [9.17, 15) is 14.7 Å². The maximum atomic E-state index is 12.8. The van der Waals surface area contributed by atoms with Crippen LogP contribution in [0.1, 0.15) is 175 Å². The molecule has 0 aromatic carbocycles. The van der Waals surface area contributed by atoms with Gasteiger partial charge in [-0.1, -0.05) is 143 Å². The molecule has 0 aliphatic rings. The predicted octanol–water partition coefficient (Wildman–Crippen LogP) is 9.23. The molecule has 0 radical (unpaired) electrons. The molecule has 5 nitrogen and oxygen atoms in total. The van der Waals surface area contributed by atoms with Crippen molar-refractivity contribution in [2.75, 3.05) is 13.2 Å². The van der Waals surface area contributed by atoms with Crippen molar-refractivity contribution < 1.29 is 24.2 Å². The summed E-state index contributed by atoms with van der Waals surface area (Å²) in [5.74, 6) is -1.16. The highest BCUT2D eigenvalue weighted by atomic mass is 16.6. The highest BCUT2D eigenvalue weighted by molar-refractivity contribution is 5.85. The number of carbonyl (C=O) groups excluding carboxylic acids is 2. The summed E-state index contributed by atoms with van der Waals surface area (Å²) in [5, 5.41) is 11.2. The zero-order valence-corrected chi connectivity index (χ0v) is 25.0. The van der Waals surface area contributed by atoms with Gasteiger partial charge in [-0.2, -0.15) is 0 Å². The molecule has 0 aliphatic carbocycles. The van der Waals surface area contributed by atoms with E-state index in [4.69, 9.17) is 9.47 Å². The molecule has 0 bridgehead atoms. The zero-order chi connectivity index (χ0) is 27.5. The maximum Gasteiger partial charge on any atom is 0.338 e. The SMILES string of the molecule is CCCCCCCCCCCCC(O)(CC(=O)OCCCCCCCC)C(=O)OCCCCCCCC. The lowest BCUT2D eigenvalue weighted by Gasteiger charge is -2.25. The van der Waals surface area contributed by atoms with Gasteiger partial charge in [0.05, 0.1) is 19.6 Å². The first-order valence-corrected chi connectivity index (χ1v) is 16.0. The van der Waals surface area contributed by atoms with Crippen molar-refractivity contribution in [2.45, 2.75) is 180 Å². The summed E-state index contributed by atoms with van der Waals surface area (Å²) in [5.41, 5.74) is -1.78. The Morgan fingerprint density at radius 1 is 0.514 bits per heavy atom. The second-order valence-corrected chi connectivity index (χ2v) is 11.0. The van der Waals surface area contributed by atoms with Gasteiger partial charge in [-0.05, 0) is 25.7 Å². The average Bonchev–Trinajstić information content (AvgIpc) is 2.88. The van der Waals surface area contributed by atoms with Gasteiger partial charge in [-0.25, -0.2) is 4.79 Å². The number of unbranched alkanes of at least 4 members (excludes halogenated alkanes) is 19. The second-order valence-electron chi connectivity index (χ2n) is 11.0. The largest absolute Gasteiger partial charge is 0.466 e. The molecule has 0 spiro atoms. The van der Waals surface area contributed by atoms with E-state index >= 15 is 0 Å². The molecule has 1 atom stereocenters. The van der Waals surface area contributed by atoms with E-state index < -0.39 is 17.5 Å². The number of hydrogen-bond donors (Lipinski definition) is 1. The van der Waals surface area contributed by atoms with Gasteiger partial charge >= 0.3 is 11.9 Å². The molecule has 0 rings (SSSR count). The van der Waals surface area contributed by atoms with E-state index in [0.717, 1.165) is 51.4 Å². The quantitative estimate of drug-likeness (QED) is 0.0812. The molecule has 0 aliphatic heterocycles. The van der Waals surface area contributed by atoms with E-state index in [0.29, 0.717) is 19.6 Å². The van der Waals surface area contributed by atoms with Gasteiger partial charge in [0.15, 0.2) is 5.60 Å². The minimum absolute atomic E-state index is 0.255. The summed E-state index contributed by atoms with van der Waals surface area (Å²) >= 11 is 0. The molecule has 0 aromatic heterocycles. The van der Waals surface area contributed by atoms with Gasteiger partial charge in [0.1, 0.15) is 0 Å². The molecular weight excluding hydrogens is 464 g/mol. The van der Waals surface area contributed by atoms with E-state index in [1.54, 1.807) is 0 Å². The zero-order valence-electron chi connectivity index (χ0n) is 25.0. The number of esters is 2. The molecule has 0 aromatic rings. The fourth-order valence-electron chi connectivity index (χ4n) is 4.71. The maximum absolute atomic E-state index is 12.8. The molecule has 220 valence electrons. The van der Waals surface area contributed by atoms with Crippen LogP contribution >= 0.6 is 0 Å². The lowest BCUT2D eigenvalue weighted by molar-refractivity contribution is -0.173. The van der Waals surface area contributed by atoms with Crippen LogP contribution in [0, 0.1) is 0 Å². The van der Waals surface area contributed by atoms with Crippen LogP contribution in [0.3, 0.4) is 0 Å². The van der Waals surface area contributed by atoms with Crippen molar-refractivity contribution in [3.63, 3.8) is 0 Å². The third kappa shape index (κ3) is 22.6. The van der Waals surface area contributed by atoms with Crippen LogP contribution in [0.25, 0.3) is 0 Å². The molecule has 37 heavy (non-hydrogen) atoms. The van der Waals surface area contributed by atoms with Crippen molar-refractivity contribution in [2.24, 2.45) is 0 Å². The minimum atomic E-state index is -1.78. The Kier molecular flexibility index (Phi) is 25.7. The van der Waals surface area contributed by atoms with Gasteiger partial charge in [0.2, 0.25) is 0 Å². The summed E-state index contributed by atoms with van der Waals surface area (Å²) in [6, 6.07) is 0. The fourth-order valence-corrected chi connectivity index (χ4v) is 4.71. The lowest BCUT2D eigenvalue weighted by atomic mass is 9.92. The molecule has 1 unspecified atom stereocenters. The molecular formula is C32H62O5. The molecule has 0 saturated heterocycles. The van der Waals surface area contributed by atoms with Gasteiger partial charge in [-0.15, -0.1) is 0 Å². The highest BCUT2D eigenvalue weighted by Gasteiger charge is 2.40. The third-order valence-electron chi connectivity index (χ3n) is 7.25. The van der Waals surface area contributed by atoms with Crippen LogP contribution in [-0.2, 0) is 19.1 Å². The van der Waals surface area contributed by atoms with Crippen LogP contribution in [0.2, 0.25) is 0 Å². The Bertz CT molecular complexity index is 521. The first-order chi connectivity index (χ1) is 18.0. The Morgan fingerprint density at radius 3 is 1.30 bits per heavy atom. The van der Waals surface area contributed by atoms with Gasteiger partial charge in [-0.3, -0.25) is 4.79 Å². The second kappa shape index (κ2) is 26.5. The lowest BCUT2D eigenvalue weighted by Crippen LogP contribution is -2.42. The number of aliphatic hydroxyl groups is 1. The van der Waals surface area contributed by atoms with Gasteiger partial charge in [0, 0.05) is 0 Å². The number of hydrogen-bond acceptors (Lipinski definition) is 5. The molecule has 1 N–H and O–H groups in total. The normalized spacial score (nSPS) is 12.9. The van der Waals surface area contributed by atoms with Crippen molar-refractivity contribution in [1.82, 2.24) is 0 Å². The Balaban J connectivity index is 4.43. The van der Waals surface area contributed by atoms with Crippen molar-refractivity contribution >= 4 is 11.9 Å². The van der Waals surface area contributed by atoms with Gasteiger partial charge in [0.25, 0.3) is 0 Å². The van der Waals surface area contributed by atoms with Crippen LogP contribution in [0.15, 0.2) is 0 Å². The van der Waals surface area contributed by atoms with Crippen LogP contribution in [0.5, 0.6) is 0 Å². The Morgan fingerprint density at radius 2 is 0.865 bits per heavy atom. The molecule has 0 fully saturated rings. The topological polar surface area (TPSA) is 72.8 Å². The van der Waals surface area contributed by atoms with Crippen LogP contribution in [0.4, 0.5) is 0 Å². The van der Waals surface area contributed by atoms with E-state index in [-0.39, 0.29) is 12.8 Å². The molecule has 5 heteroatoms. The first-order valence-electron chi connectivity index (χ1n) is 16.0. The number of ether oxygens (including phenoxy) is 2. The average molecular weight is 527 g/mol. The fraction of sp³-hybridized carbons (Fsp3) is 0.938. The molecule has 0 heterocycles. The standard InChI is InChI=1S/C32H62O5/c1-4-7-10-13-16-17-18-19-20-23-26-32(35,31(34)37-28-25-22-15-12-9-6-3)29-30(33)36-27-24-21-14-11-8-5-2/h35H,4-29H2,1-3H3. The van der Waals surface area contributed by atoms with Crippen LogP contribution < -0.4 is 0 Å². The van der Waals surface area contributed by atoms with Gasteiger partial charge < -0.3 is 14.6 Å². The Hall–Kier alpha value is -1.10. The van der Waals surface area contributed by atoms with E-state index in [1.165, 1.54) is 83.5 Å². The summed E-state index contributed by atoms with van der Waals surface area (Å²) in [6.07, 6.45) is 25.0. The van der Waals surface area contributed by atoms with E-state index in [2.05, 4.69) is 20.8 Å². The highest BCUT2D eigenvalue weighted by Crippen LogP contribution is 2.23. The molecule has 0 amide bonds. The summed E-state index contributed by atoms with van der Waals surface area (Å²) in [4.78, 5) is 25.3. The summed E-state index contributed by atoms with van der Waals surface area (Å²) < 4.78 is 10.8. The predicted molar refractivity (Wildman–Crippen MR) is 155 cm³/mol. The van der Waals surface area contributed by atoms with E-state index in [1.807, 2.05) is 0 Å². The van der Waals surface area contributed by atoms with Crippen molar-refractivity contribution in [3.8, 4) is 0 Å². The monoisotopic (exact) mass is 526 g/mol. The Labute approximate surface area is 229 Å². The van der Waals surface area contributed by atoms with Crippen LogP contribution in [-0.4, -0.2) is 35.9 Å². The molecule has 0 saturated carbocycles.